The molecule has 110 valence electrons. The predicted octanol–water partition coefficient (Wildman–Crippen LogP) is -0.00130. The number of ether oxygens (including phenoxy) is 1. The number of carbonyl (C=O) groups excluding carboxylic acids is 1. The molecule has 2 heterocycles. The highest BCUT2D eigenvalue weighted by molar-refractivity contribution is 5.85. The normalized spacial score (nSPS) is 18.8. The van der Waals surface area contributed by atoms with Crippen molar-refractivity contribution in [1.82, 2.24) is 15.3 Å². The van der Waals surface area contributed by atoms with Gasteiger partial charge in [-0.3, -0.25) is 4.79 Å². The minimum Gasteiger partial charge on any atom is -0.377 e. The van der Waals surface area contributed by atoms with Crippen molar-refractivity contribution in [3.05, 3.63) is 12.0 Å². The van der Waals surface area contributed by atoms with Crippen molar-refractivity contribution in [3.63, 3.8) is 0 Å². The Morgan fingerprint density at radius 3 is 3.15 bits per heavy atom. The first-order valence-corrected chi connectivity index (χ1v) is 6.49. The van der Waals surface area contributed by atoms with Gasteiger partial charge in [-0.2, -0.15) is 4.98 Å². The Balaban J connectivity index is 2.31. The summed E-state index contributed by atoms with van der Waals surface area (Å²) in [7, 11) is 1.54. The van der Waals surface area contributed by atoms with E-state index in [2.05, 4.69) is 20.6 Å². The highest BCUT2D eigenvalue weighted by Crippen LogP contribution is 2.22. The lowest BCUT2D eigenvalue weighted by atomic mass is 10.2. The Morgan fingerprint density at radius 2 is 2.45 bits per heavy atom. The van der Waals surface area contributed by atoms with E-state index in [1.807, 2.05) is 6.92 Å². The summed E-state index contributed by atoms with van der Waals surface area (Å²) in [4.78, 5) is 21.5. The van der Waals surface area contributed by atoms with Crippen LogP contribution in [0.15, 0.2) is 6.20 Å². The second-order valence-corrected chi connectivity index (χ2v) is 4.29. The Kier molecular flexibility index (Phi) is 4.67. The smallest absolute Gasteiger partial charge is 0.244 e. The number of nitrogens with one attached hydrogen (secondary N) is 2. The SMILES string of the molecule is CCNc1ncc(F)c(N2CCOCC2C(=O)NC)n1. The number of morpholine rings is 1. The van der Waals surface area contributed by atoms with Gasteiger partial charge in [-0.15, -0.1) is 0 Å². The summed E-state index contributed by atoms with van der Waals surface area (Å²) in [5, 5.41) is 5.48. The van der Waals surface area contributed by atoms with E-state index in [9.17, 15) is 9.18 Å². The molecule has 1 aromatic rings. The van der Waals surface area contributed by atoms with Gasteiger partial charge in [0.2, 0.25) is 11.9 Å². The molecule has 1 atom stereocenters. The van der Waals surface area contributed by atoms with Crippen LogP contribution in [0.2, 0.25) is 0 Å². The Hall–Kier alpha value is -1.96. The van der Waals surface area contributed by atoms with Gasteiger partial charge in [0.05, 0.1) is 19.4 Å². The van der Waals surface area contributed by atoms with Gasteiger partial charge >= 0.3 is 0 Å². The molecule has 0 aromatic carbocycles. The molecule has 0 bridgehead atoms. The van der Waals surface area contributed by atoms with Crippen LogP contribution in [0.25, 0.3) is 0 Å². The Morgan fingerprint density at radius 1 is 1.65 bits per heavy atom. The molecule has 8 heteroatoms. The molecule has 0 saturated carbocycles. The van der Waals surface area contributed by atoms with Gasteiger partial charge in [0.25, 0.3) is 0 Å². The van der Waals surface area contributed by atoms with Gasteiger partial charge in [0.1, 0.15) is 6.04 Å². The van der Waals surface area contributed by atoms with E-state index >= 15 is 0 Å². The number of aromatic nitrogens is 2. The number of amides is 1. The lowest BCUT2D eigenvalue weighted by Crippen LogP contribution is -2.54. The zero-order valence-electron chi connectivity index (χ0n) is 11.5. The number of nitrogens with zero attached hydrogens (tertiary/aromatic N) is 3. The number of anilines is 2. The fourth-order valence-corrected chi connectivity index (χ4v) is 2.04. The van der Waals surface area contributed by atoms with Crippen molar-refractivity contribution in [2.24, 2.45) is 0 Å². The van der Waals surface area contributed by atoms with Crippen LogP contribution < -0.4 is 15.5 Å². The molecule has 1 fully saturated rings. The fraction of sp³-hybridized carbons (Fsp3) is 0.583. The molecule has 2 rings (SSSR count). The van der Waals surface area contributed by atoms with Crippen molar-refractivity contribution in [1.29, 1.82) is 0 Å². The third-order valence-electron chi connectivity index (χ3n) is 3.01. The van der Waals surface area contributed by atoms with E-state index in [-0.39, 0.29) is 18.3 Å². The van der Waals surface area contributed by atoms with E-state index in [4.69, 9.17) is 4.74 Å². The average Bonchev–Trinajstić information content (AvgIpc) is 2.49. The molecule has 1 aromatic heterocycles. The number of hydrogen-bond donors (Lipinski definition) is 2. The summed E-state index contributed by atoms with van der Waals surface area (Å²) < 4.78 is 19.3. The van der Waals surface area contributed by atoms with Gasteiger partial charge in [-0.25, -0.2) is 9.37 Å². The molecule has 1 unspecified atom stereocenters. The molecule has 0 radical (unpaired) electrons. The quantitative estimate of drug-likeness (QED) is 0.809. The maximum atomic E-state index is 14.0. The van der Waals surface area contributed by atoms with Gasteiger partial charge in [0.15, 0.2) is 11.6 Å². The Labute approximate surface area is 116 Å². The molecular formula is C12H18FN5O2. The lowest BCUT2D eigenvalue weighted by molar-refractivity contribution is -0.124. The molecule has 7 nitrogen and oxygen atoms in total. The van der Waals surface area contributed by atoms with E-state index in [1.165, 1.54) is 7.05 Å². The number of carbonyl (C=O) groups is 1. The topological polar surface area (TPSA) is 79.4 Å². The summed E-state index contributed by atoms with van der Waals surface area (Å²) >= 11 is 0. The molecule has 1 saturated heterocycles. The molecule has 2 N–H and O–H groups in total. The van der Waals surface area contributed by atoms with Crippen molar-refractivity contribution < 1.29 is 13.9 Å². The lowest BCUT2D eigenvalue weighted by Gasteiger charge is -2.35. The van der Waals surface area contributed by atoms with Crippen LogP contribution in [-0.4, -0.2) is 55.3 Å². The van der Waals surface area contributed by atoms with Gasteiger partial charge in [-0.05, 0) is 6.92 Å². The summed E-state index contributed by atoms with van der Waals surface area (Å²) in [6.07, 6.45) is 1.11. The summed E-state index contributed by atoms with van der Waals surface area (Å²) in [6.45, 7) is 3.56. The van der Waals surface area contributed by atoms with Crippen molar-refractivity contribution in [3.8, 4) is 0 Å². The molecule has 20 heavy (non-hydrogen) atoms. The van der Waals surface area contributed by atoms with E-state index in [0.717, 1.165) is 6.20 Å². The number of likely N-dealkylation sites (N-methyl/N-ethyl adjacent to an activating group) is 1. The highest BCUT2D eigenvalue weighted by atomic mass is 19.1. The standard InChI is InChI=1S/C12H18FN5O2/c1-3-15-12-16-6-8(13)10(17-12)18-4-5-20-7-9(18)11(19)14-2/h6,9H,3-5,7H2,1-2H3,(H,14,19)(H,15,16,17). The maximum Gasteiger partial charge on any atom is 0.244 e. The monoisotopic (exact) mass is 283 g/mol. The maximum absolute atomic E-state index is 14.0. The minimum absolute atomic E-state index is 0.118. The van der Waals surface area contributed by atoms with E-state index < -0.39 is 11.9 Å². The van der Waals surface area contributed by atoms with Crippen LogP contribution in [0.1, 0.15) is 6.92 Å². The van der Waals surface area contributed by atoms with Crippen LogP contribution in [0.3, 0.4) is 0 Å². The van der Waals surface area contributed by atoms with Crippen molar-refractivity contribution in [2.75, 3.05) is 43.6 Å². The summed E-state index contributed by atoms with van der Waals surface area (Å²) in [5.74, 6) is -0.325. The fourth-order valence-electron chi connectivity index (χ4n) is 2.04. The molecule has 1 aliphatic heterocycles. The van der Waals surface area contributed by atoms with Crippen molar-refractivity contribution in [2.45, 2.75) is 13.0 Å². The first-order chi connectivity index (χ1) is 9.67. The summed E-state index contributed by atoms with van der Waals surface area (Å²) in [5.41, 5.74) is 0. The number of halogens is 1. The largest absolute Gasteiger partial charge is 0.377 e. The van der Waals surface area contributed by atoms with Gasteiger partial charge in [0, 0.05) is 20.1 Å². The van der Waals surface area contributed by atoms with Gasteiger partial charge in [-0.1, -0.05) is 0 Å². The molecule has 0 aliphatic carbocycles. The van der Waals surface area contributed by atoms with Crippen LogP contribution in [0.5, 0.6) is 0 Å². The second kappa shape index (κ2) is 6.47. The number of rotatable bonds is 4. The van der Waals surface area contributed by atoms with E-state index in [1.54, 1.807) is 4.90 Å². The van der Waals surface area contributed by atoms with Crippen molar-refractivity contribution >= 4 is 17.7 Å². The first kappa shape index (κ1) is 14.4. The number of hydrogen-bond acceptors (Lipinski definition) is 6. The van der Waals surface area contributed by atoms with Gasteiger partial charge < -0.3 is 20.3 Å². The molecule has 1 amide bonds. The second-order valence-electron chi connectivity index (χ2n) is 4.29. The van der Waals surface area contributed by atoms with Crippen LogP contribution >= 0.6 is 0 Å². The average molecular weight is 283 g/mol. The van der Waals surface area contributed by atoms with Crippen LogP contribution in [-0.2, 0) is 9.53 Å². The zero-order chi connectivity index (χ0) is 14.5. The van der Waals surface area contributed by atoms with E-state index in [0.29, 0.717) is 25.6 Å². The predicted molar refractivity (Wildman–Crippen MR) is 72.2 cm³/mol. The third-order valence-corrected chi connectivity index (χ3v) is 3.01. The first-order valence-electron chi connectivity index (χ1n) is 6.49. The van der Waals surface area contributed by atoms with Crippen LogP contribution in [0, 0.1) is 5.82 Å². The summed E-state index contributed by atoms with van der Waals surface area (Å²) in [6, 6.07) is -0.590. The molecule has 1 aliphatic rings. The minimum atomic E-state index is -0.590. The highest BCUT2D eigenvalue weighted by Gasteiger charge is 2.31. The third kappa shape index (κ3) is 2.96. The molecular weight excluding hydrogens is 265 g/mol. The zero-order valence-corrected chi connectivity index (χ0v) is 11.5. The molecule has 0 spiro atoms. The Bertz CT molecular complexity index is 485. The van der Waals surface area contributed by atoms with Crippen LogP contribution in [0.4, 0.5) is 16.2 Å².